The molecule has 6 heteroatoms. The molecule has 0 bridgehead atoms. The van der Waals surface area contributed by atoms with Crippen molar-refractivity contribution in [1.82, 2.24) is 15.0 Å². The second-order valence-corrected chi connectivity index (χ2v) is 6.29. The van der Waals surface area contributed by atoms with E-state index in [0.29, 0.717) is 10.6 Å². The number of hydrogen-bond donors (Lipinski definition) is 0. The van der Waals surface area contributed by atoms with E-state index >= 15 is 0 Å². The van der Waals surface area contributed by atoms with Gasteiger partial charge in [-0.3, -0.25) is 4.68 Å². The predicted molar refractivity (Wildman–Crippen MR) is 67.8 cm³/mol. The Balaban J connectivity index is 2.43. The fraction of sp³-hybridized carbons (Fsp3) is 0.333. The average Bonchev–Trinajstić information content (AvgIpc) is 2.62. The highest BCUT2D eigenvalue weighted by molar-refractivity contribution is 7.90. The van der Waals surface area contributed by atoms with Crippen LogP contribution in [0.2, 0.25) is 0 Å². The van der Waals surface area contributed by atoms with Gasteiger partial charge in [-0.2, -0.15) is 0 Å². The van der Waals surface area contributed by atoms with Gasteiger partial charge in [0.05, 0.1) is 10.6 Å². The number of benzene rings is 1. The van der Waals surface area contributed by atoms with E-state index in [2.05, 4.69) is 10.3 Å². The maximum atomic E-state index is 12.4. The Kier molecular flexibility index (Phi) is 3.21. The van der Waals surface area contributed by atoms with Gasteiger partial charge in [-0.25, -0.2) is 8.42 Å². The van der Waals surface area contributed by atoms with E-state index in [-0.39, 0.29) is 5.75 Å². The highest BCUT2D eigenvalue weighted by Gasteiger charge is 2.21. The lowest BCUT2D eigenvalue weighted by molar-refractivity contribution is 0.593. The zero-order valence-electron chi connectivity index (χ0n) is 10.6. The van der Waals surface area contributed by atoms with Crippen LogP contribution in [0.5, 0.6) is 0 Å². The van der Waals surface area contributed by atoms with E-state index in [0.717, 1.165) is 11.1 Å². The monoisotopic (exact) mass is 265 g/mol. The fourth-order valence-electron chi connectivity index (χ4n) is 2.02. The molecular weight excluding hydrogens is 250 g/mol. The van der Waals surface area contributed by atoms with Gasteiger partial charge in [-0.1, -0.05) is 23.4 Å². The SMILES string of the molecule is Cc1cccc(C)c1S(=O)(=O)Cc1cn(C)nn1. The van der Waals surface area contributed by atoms with Crippen LogP contribution in [0.25, 0.3) is 0 Å². The normalized spacial score (nSPS) is 11.7. The quantitative estimate of drug-likeness (QED) is 0.841. The molecule has 1 heterocycles. The third-order valence-electron chi connectivity index (χ3n) is 2.71. The largest absolute Gasteiger partial charge is 0.255 e. The zero-order chi connectivity index (χ0) is 13.3. The highest BCUT2D eigenvalue weighted by atomic mass is 32.2. The summed E-state index contributed by atoms with van der Waals surface area (Å²) < 4.78 is 26.2. The van der Waals surface area contributed by atoms with Crippen LogP contribution in [0.3, 0.4) is 0 Å². The molecule has 0 aliphatic carbocycles. The van der Waals surface area contributed by atoms with Gasteiger partial charge in [0.1, 0.15) is 5.75 Å². The molecule has 0 N–H and O–H groups in total. The Morgan fingerprint density at radius 2 is 1.83 bits per heavy atom. The third-order valence-corrected chi connectivity index (χ3v) is 4.65. The summed E-state index contributed by atoms with van der Waals surface area (Å²) in [4.78, 5) is 0.399. The first-order chi connectivity index (χ1) is 8.40. The number of aryl methyl sites for hydroxylation is 3. The lowest BCUT2D eigenvalue weighted by Gasteiger charge is -2.09. The van der Waals surface area contributed by atoms with Crippen LogP contribution >= 0.6 is 0 Å². The van der Waals surface area contributed by atoms with Crippen molar-refractivity contribution in [2.45, 2.75) is 24.5 Å². The second-order valence-electron chi connectivity index (χ2n) is 4.36. The molecule has 0 aliphatic heterocycles. The van der Waals surface area contributed by atoms with E-state index in [9.17, 15) is 8.42 Å². The topological polar surface area (TPSA) is 64.8 Å². The molecule has 0 saturated heterocycles. The molecule has 5 nitrogen and oxygen atoms in total. The van der Waals surface area contributed by atoms with Crippen LogP contribution in [0, 0.1) is 13.8 Å². The number of sulfone groups is 1. The van der Waals surface area contributed by atoms with Crippen LogP contribution in [0.15, 0.2) is 29.3 Å². The molecule has 2 aromatic rings. The number of rotatable bonds is 3. The first-order valence-electron chi connectivity index (χ1n) is 5.54. The van der Waals surface area contributed by atoms with Gasteiger partial charge in [0.15, 0.2) is 9.84 Å². The summed E-state index contributed by atoms with van der Waals surface area (Å²) in [5.41, 5.74) is 1.98. The van der Waals surface area contributed by atoms with Gasteiger partial charge in [-0.05, 0) is 25.0 Å². The molecule has 2 rings (SSSR count). The first-order valence-corrected chi connectivity index (χ1v) is 7.19. The lowest BCUT2D eigenvalue weighted by atomic mass is 10.2. The minimum atomic E-state index is -3.38. The molecule has 1 aromatic heterocycles. The molecule has 0 amide bonds. The maximum Gasteiger partial charge on any atom is 0.184 e. The zero-order valence-corrected chi connectivity index (χ0v) is 11.4. The smallest absolute Gasteiger partial charge is 0.184 e. The van der Waals surface area contributed by atoms with Crippen LogP contribution in [-0.2, 0) is 22.6 Å². The Labute approximate surface area is 106 Å². The van der Waals surface area contributed by atoms with Gasteiger partial charge in [0.25, 0.3) is 0 Å². The Bertz CT molecular complexity index is 654. The third kappa shape index (κ3) is 2.43. The molecule has 0 fully saturated rings. The number of nitrogens with zero attached hydrogens (tertiary/aromatic N) is 3. The molecule has 96 valence electrons. The summed E-state index contributed by atoms with van der Waals surface area (Å²) in [5.74, 6) is -0.119. The van der Waals surface area contributed by atoms with Crippen LogP contribution < -0.4 is 0 Å². The van der Waals surface area contributed by atoms with E-state index in [1.54, 1.807) is 39.2 Å². The number of hydrogen-bond acceptors (Lipinski definition) is 4. The molecular formula is C12H15N3O2S. The molecule has 1 aromatic carbocycles. The molecule has 0 saturated carbocycles. The summed E-state index contributed by atoms with van der Waals surface area (Å²) in [6.07, 6.45) is 1.62. The first kappa shape index (κ1) is 12.8. The number of aromatic nitrogens is 3. The van der Waals surface area contributed by atoms with Crippen molar-refractivity contribution >= 4 is 9.84 Å². The minimum Gasteiger partial charge on any atom is -0.255 e. The standard InChI is InChI=1S/C12H15N3O2S/c1-9-5-4-6-10(2)12(9)18(16,17)8-11-7-15(3)14-13-11/h4-7H,8H2,1-3H3. The average molecular weight is 265 g/mol. The predicted octanol–water partition coefficient (Wildman–Crippen LogP) is 1.41. The molecule has 0 spiro atoms. The Hall–Kier alpha value is -1.69. The maximum absolute atomic E-state index is 12.4. The molecule has 0 radical (unpaired) electrons. The van der Waals surface area contributed by atoms with Crippen molar-refractivity contribution in [1.29, 1.82) is 0 Å². The minimum absolute atomic E-state index is 0.119. The summed E-state index contributed by atoms with van der Waals surface area (Å²) in [7, 11) is -1.67. The van der Waals surface area contributed by atoms with Crippen LogP contribution in [0.4, 0.5) is 0 Å². The molecule has 0 aliphatic rings. The fourth-order valence-corrected chi connectivity index (χ4v) is 3.80. The molecule has 0 unspecified atom stereocenters. The van der Waals surface area contributed by atoms with Crippen molar-refractivity contribution < 1.29 is 8.42 Å². The van der Waals surface area contributed by atoms with Crippen LogP contribution in [-0.4, -0.2) is 23.4 Å². The summed E-state index contributed by atoms with van der Waals surface area (Å²) in [5, 5.41) is 7.56. The summed E-state index contributed by atoms with van der Waals surface area (Å²) in [6.45, 7) is 3.60. The van der Waals surface area contributed by atoms with Gasteiger partial charge < -0.3 is 0 Å². The van der Waals surface area contributed by atoms with Crippen molar-refractivity contribution in [3.8, 4) is 0 Å². The lowest BCUT2D eigenvalue weighted by Crippen LogP contribution is -2.09. The van der Waals surface area contributed by atoms with E-state index in [4.69, 9.17) is 0 Å². The van der Waals surface area contributed by atoms with Gasteiger partial charge in [0, 0.05) is 13.2 Å². The molecule has 18 heavy (non-hydrogen) atoms. The van der Waals surface area contributed by atoms with Gasteiger partial charge >= 0.3 is 0 Å². The Morgan fingerprint density at radius 1 is 1.22 bits per heavy atom. The van der Waals surface area contributed by atoms with Crippen molar-refractivity contribution in [3.63, 3.8) is 0 Å². The van der Waals surface area contributed by atoms with E-state index in [1.807, 2.05) is 6.07 Å². The van der Waals surface area contributed by atoms with Crippen molar-refractivity contribution in [2.75, 3.05) is 0 Å². The van der Waals surface area contributed by atoms with Gasteiger partial charge in [-0.15, -0.1) is 5.10 Å². The van der Waals surface area contributed by atoms with Crippen LogP contribution in [0.1, 0.15) is 16.8 Å². The highest BCUT2D eigenvalue weighted by Crippen LogP contribution is 2.23. The Morgan fingerprint density at radius 3 is 2.33 bits per heavy atom. The van der Waals surface area contributed by atoms with Gasteiger partial charge in [0.2, 0.25) is 0 Å². The summed E-state index contributed by atoms with van der Waals surface area (Å²) >= 11 is 0. The molecule has 0 atom stereocenters. The van der Waals surface area contributed by atoms with E-state index in [1.165, 1.54) is 4.68 Å². The summed E-state index contributed by atoms with van der Waals surface area (Å²) in [6, 6.07) is 5.46. The van der Waals surface area contributed by atoms with Crippen molar-refractivity contribution in [3.05, 3.63) is 41.2 Å². The second kappa shape index (κ2) is 4.53. The van der Waals surface area contributed by atoms with E-state index < -0.39 is 9.84 Å². The van der Waals surface area contributed by atoms with Crippen molar-refractivity contribution in [2.24, 2.45) is 7.05 Å².